The summed E-state index contributed by atoms with van der Waals surface area (Å²) in [6.07, 6.45) is 54.8. The summed E-state index contributed by atoms with van der Waals surface area (Å²) in [5.41, 5.74) is 0. The minimum absolute atomic E-state index is 0.103. The molecule has 0 heterocycles. The molecular weight excluding hydrogens is 1230 g/mol. The third-order valence-corrected chi connectivity index (χ3v) is 19.4. The standard InChI is InChI=1S/C75H146O17P2/c1-7-9-11-13-14-15-16-17-18-19-20-21-22-27-30-33-36-41-47-53-59-74(79)92-71(64-86-73(78)58-52-46-40-35-32-29-26-24-23-25-28-31-34-38-44-49-55-67(3)4)66-90-94(83,84)88-62-69(76)61-87-93(81,82)89-65-70(63-85-72(77)57-51-43-12-10-8-2)91-75(80)60-54-48-42-37-39-45-50-56-68(5)6/h67-71,76H,7-66H2,1-6H3,(H,81,82)(H,83,84)/t69-,70+,71+/m0/s1. The van der Waals surface area contributed by atoms with Crippen molar-refractivity contribution in [1.29, 1.82) is 0 Å². The molecule has 0 bridgehead atoms. The SMILES string of the molecule is CCCCCCCCCCCCCCCCCCCCCCC(=O)O[C@H](COC(=O)CCCCCCCCCCCCCCCCCCC(C)C)COP(=O)(O)OC[C@@H](O)COP(=O)(O)OC[C@@H](COC(=O)CCCCCCC)OC(=O)CCCCCCCCCC(C)C. The van der Waals surface area contributed by atoms with E-state index in [1.165, 1.54) is 199 Å². The Hall–Kier alpha value is -1.94. The van der Waals surface area contributed by atoms with E-state index >= 15 is 0 Å². The van der Waals surface area contributed by atoms with Gasteiger partial charge in [-0.1, -0.05) is 337 Å². The maximum absolute atomic E-state index is 13.1. The molecule has 0 radical (unpaired) electrons. The van der Waals surface area contributed by atoms with Gasteiger partial charge in [0.25, 0.3) is 0 Å². The van der Waals surface area contributed by atoms with Crippen LogP contribution in [0.4, 0.5) is 0 Å². The molecule has 0 saturated heterocycles. The Morgan fingerprint density at radius 1 is 0.287 bits per heavy atom. The lowest BCUT2D eigenvalue weighted by atomic mass is 10.0. The highest BCUT2D eigenvalue weighted by molar-refractivity contribution is 7.47. The van der Waals surface area contributed by atoms with Crippen LogP contribution in [0.1, 0.15) is 388 Å². The number of rotatable bonds is 74. The van der Waals surface area contributed by atoms with Gasteiger partial charge in [0.15, 0.2) is 12.2 Å². The minimum atomic E-state index is -4.95. The normalized spacial score (nSPS) is 14.0. The molecule has 17 nitrogen and oxygen atoms in total. The third kappa shape index (κ3) is 68.6. The van der Waals surface area contributed by atoms with Gasteiger partial charge in [0.1, 0.15) is 19.3 Å². The van der Waals surface area contributed by atoms with Gasteiger partial charge in [0.05, 0.1) is 26.4 Å². The molecule has 2 unspecified atom stereocenters. The first kappa shape index (κ1) is 92.1. The molecule has 94 heavy (non-hydrogen) atoms. The predicted octanol–water partition coefficient (Wildman–Crippen LogP) is 21.9. The molecule has 3 N–H and O–H groups in total. The highest BCUT2D eigenvalue weighted by atomic mass is 31.2. The molecule has 19 heteroatoms. The van der Waals surface area contributed by atoms with Gasteiger partial charge in [-0.15, -0.1) is 0 Å². The fraction of sp³-hybridized carbons (Fsp3) is 0.947. The van der Waals surface area contributed by atoms with E-state index in [9.17, 15) is 43.2 Å². The summed E-state index contributed by atoms with van der Waals surface area (Å²) in [4.78, 5) is 72.4. The van der Waals surface area contributed by atoms with Crippen molar-refractivity contribution < 1.29 is 80.2 Å². The fourth-order valence-electron chi connectivity index (χ4n) is 11.5. The number of ether oxygens (including phenoxy) is 4. The summed E-state index contributed by atoms with van der Waals surface area (Å²) in [5.74, 6) is -0.623. The quantitative estimate of drug-likeness (QED) is 0.0222. The van der Waals surface area contributed by atoms with E-state index in [1.54, 1.807) is 0 Å². The smallest absolute Gasteiger partial charge is 0.462 e. The summed E-state index contributed by atoms with van der Waals surface area (Å²) in [6.45, 7) is 9.46. The molecule has 0 saturated carbocycles. The number of aliphatic hydroxyl groups is 1. The Labute approximate surface area is 575 Å². The topological polar surface area (TPSA) is 237 Å². The van der Waals surface area contributed by atoms with Crippen LogP contribution in [0.15, 0.2) is 0 Å². The average Bonchev–Trinajstić information content (AvgIpc) is 1.52. The van der Waals surface area contributed by atoms with Gasteiger partial charge in [-0.2, -0.15) is 0 Å². The molecule has 0 spiro atoms. The zero-order valence-electron chi connectivity index (χ0n) is 61.3. The Balaban J connectivity index is 5.11. The van der Waals surface area contributed by atoms with E-state index in [1.807, 2.05) is 0 Å². The van der Waals surface area contributed by atoms with E-state index in [0.717, 1.165) is 102 Å². The van der Waals surface area contributed by atoms with Crippen LogP contribution in [0.25, 0.3) is 0 Å². The van der Waals surface area contributed by atoms with Gasteiger partial charge in [-0.25, -0.2) is 9.13 Å². The van der Waals surface area contributed by atoms with E-state index < -0.39 is 97.5 Å². The number of phosphoric ester groups is 2. The maximum Gasteiger partial charge on any atom is 0.472 e. The molecule has 0 aliphatic carbocycles. The van der Waals surface area contributed by atoms with Crippen molar-refractivity contribution in [2.45, 2.75) is 407 Å². The Morgan fingerprint density at radius 2 is 0.489 bits per heavy atom. The second-order valence-corrected chi connectivity index (χ2v) is 30.9. The fourth-order valence-corrected chi connectivity index (χ4v) is 13.1. The van der Waals surface area contributed by atoms with Crippen molar-refractivity contribution in [2.75, 3.05) is 39.6 Å². The molecule has 0 aromatic carbocycles. The maximum atomic E-state index is 13.1. The third-order valence-electron chi connectivity index (χ3n) is 17.5. The molecular formula is C75H146O17P2. The Bertz CT molecular complexity index is 1820. The summed E-state index contributed by atoms with van der Waals surface area (Å²) in [7, 11) is -9.90. The molecule has 558 valence electrons. The van der Waals surface area contributed by atoms with E-state index in [2.05, 4.69) is 41.5 Å². The first-order chi connectivity index (χ1) is 45.4. The summed E-state index contributed by atoms with van der Waals surface area (Å²) < 4.78 is 68.2. The molecule has 0 aromatic heterocycles. The van der Waals surface area contributed by atoms with Gasteiger partial charge >= 0.3 is 39.5 Å². The van der Waals surface area contributed by atoms with Gasteiger partial charge in [-0.3, -0.25) is 37.3 Å². The van der Waals surface area contributed by atoms with Gasteiger partial charge < -0.3 is 33.8 Å². The lowest BCUT2D eigenvalue weighted by Crippen LogP contribution is -2.30. The highest BCUT2D eigenvalue weighted by Gasteiger charge is 2.30. The number of hydrogen-bond donors (Lipinski definition) is 3. The molecule has 0 fully saturated rings. The van der Waals surface area contributed by atoms with Crippen molar-refractivity contribution in [3.63, 3.8) is 0 Å². The molecule has 0 aliphatic heterocycles. The molecule has 0 aliphatic rings. The van der Waals surface area contributed by atoms with Crippen LogP contribution in [-0.2, 0) is 65.4 Å². The predicted molar refractivity (Wildman–Crippen MR) is 381 cm³/mol. The van der Waals surface area contributed by atoms with Crippen LogP contribution in [0.5, 0.6) is 0 Å². The van der Waals surface area contributed by atoms with Crippen molar-refractivity contribution >= 4 is 39.5 Å². The first-order valence-corrected chi connectivity index (χ1v) is 42.0. The highest BCUT2D eigenvalue weighted by Crippen LogP contribution is 2.45. The molecule has 5 atom stereocenters. The number of hydrogen-bond acceptors (Lipinski definition) is 15. The second kappa shape index (κ2) is 66.9. The zero-order valence-corrected chi connectivity index (χ0v) is 63.1. The lowest BCUT2D eigenvalue weighted by molar-refractivity contribution is -0.161. The minimum Gasteiger partial charge on any atom is -0.462 e. The zero-order chi connectivity index (χ0) is 69.3. The van der Waals surface area contributed by atoms with Gasteiger partial charge in [0.2, 0.25) is 0 Å². The van der Waals surface area contributed by atoms with Crippen molar-refractivity contribution in [2.24, 2.45) is 11.8 Å². The number of carbonyl (C=O) groups is 4. The van der Waals surface area contributed by atoms with Crippen LogP contribution < -0.4 is 0 Å². The van der Waals surface area contributed by atoms with E-state index in [4.69, 9.17) is 37.0 Å². The van der Waals surface area contributed by atoms with E-state index in [-0.39, 0.29) is 25.7 Å². The van der Waals surface area contributed by atoms with Crippen LogP contribution in [0, 0.1) is 11.8 Å². The summed E-state index contributed by atoms with van der Waals surface area (Å²) in [5, 5.41) is 10.6. The molecule has 0 amide bonds. The average molecular weight is 1380 g/mol. The number of phosphoric acid groups is 2. The summed E-state index contributed by atoms with van der Waals surface area (Å²) >= 11 is 0. The van der Waals surface area contributed by atoms with Crippen LogP contribution >= 0.6 is 15.6 Å². The van der Waals surface area contributed by atoms with Crippen molar-refractivity contribution in [1.82, 2.24) is 0 Å². The van der Waals surface area contributed by atoms with Crippen LogP contribution in [-0.4, -0.2) is 96.7 Å². The first-order valence-electron chi connectivity index (χ1n) is 39.0. The van der Waals surface area contributed by atoms with Crippen molar-refractivity contribution in [3.8, 4) is 0 Å². The lowest BCUT2D eigenvalue weighted by Gasteiger charge is -2.21. The molecule has 0 aromatic rings. The second-order valence-electron chi connectivity index (χ2n) is 28.0. The van der Waals surface area contributed by atoms with Gasteiger partial charge in [-0.05, 0) is 37.5 Å². The van der Waals surface area contributed by atoms with E-state index in [0.29, 0.717) is 31.6 Å². The number of carbonyl (C=O) groups excluding carboxylic acids is 4. The number of aliphatic hydroxyl groups excluding tert-OH is 1. The Kier molecular flexibility index (Phi) is 65.5. The van der Waals surface area contributed by atoms with Crippen LogP contribution in [0.2, 0.25) is 0 Å². The van der Waals surface area contributed by atoms with Crippen LogP contribution in [0.3, 0.4) is 0 Å². The van der Waals surface area contributed by atoms with Gasteiger partial charge in [0, 0.05) is 25.7 Å². The monoisotopic (exact) mass is 1380 g/mol. The molecule has 0 rings (SSSR count). The largest absolute Gasteiger partial charge is 0.472 e. The Morgan fingerprint density at radius 3 is 0.723 bits per heavy atom. The number of unbranched alkanes of at least 4 members (excludes halogenated alkanes) is 44. The number of esters is 4. The summed E-state index contributed by atoms with van der Waals surface area (Å²) in [6, 6.07) is 0. The van der Waals surface area contributed by atoms with Crippen molar-refractivity contribution in [3.05, 3.63) is 0 Å².